The molecule has 0 unspecified atom stereocenters. The number of thioether (sulfide) groups is 1. The van der Waals surface area contributed by atoms with Crippen LogP contribution in [0.1, 0.15) is 43.4 Å². The van der Waals surface area contributed by atoms with E-state index in [4.69, 9.17) is 0 Å². The van der Waals surface area contributed by atoms with E-state index in [1.165, 1.54) is 40.8 Å². The van der Waals surface area contributed by atoms with Gasteiger partial charge in [-0.15, -0.1) is 18.3 Å². The molecule has 1 aromatic heterocycles. The number of alkyl halides is 3. The van der Waals surface area contributed by atoms with Crippen molar-refractivity contribution in [2.45, 2.75) is 40.0 Å². The minimum atomic E-state index is -4.75. The van der Waals surface area contributed by atoms with Gasteiger partial charge in [-0.05, 0) is 72.9 Å². The first-order valence-corrected chi connectivity index (χ1v) is 14.9. The van der Waals surface area contributed by atoms with Gasteiger partial charge in [0.15, 0.2) is 11.0 Å². The molecule has 0 radical (unpaired) electrons. The van der Waals surface area contributed by atoms with Gasteiger partial charge in [-0.3, -0.25) is 0 Å². The highest BCUT2D eigenvalue weighted by atomic mass is 32.2. The van der Waals surface area contributed by atoms with E-state index in [-0.39, 0.29) is 5.75 Å². The number of urea groups is 1. The Bertz CT molecular complexity index is 1700. The van der Waals surface area contributed by atoms with Crippen LogP contribution in [-0.2, 0) is 0 Å². The Labute approximate surface area is 257 Å². The van der Waals surface area contributed by atoms with Crippen molar-refractivity contribution < 1.29 is 22.7 Å². The molecular formula is C32H31F3N6O2S. The predicted molar refractivity (Wildman–Crippen MR) is 168 cm³/mol. The summed E-state index contributed by atoms with van der Waals surface area (Å²) in [5, 5.41) is 7.97. The number of anilines is 1. The fourth-order valence-electron chi connectivity index (χ4n) is 4.71. The average molecular weight is 621 g/mol. The van der Waals surface area contributed by atoms with Gasteiger partial charge in [-0.1, -0.05) is 62.0 Å². The fourth-order valence-corrected chi connectivity index (χ4v) is 5.66. The lowest BCUT2D eigenvalue weighted by molar-refractivity contribution is -0.274. The molecule has 0 atom stereocenters. The molecule has 0 aliphatic carbocycles. The van der Waals surface area contributed by atoms with Crippen LogP contribution in [0, 0.1) is 6.92 Å². The normalized spacial score (nSPS) is 14.9. The summed E-state index contributed by atoms with van der Waals surface area (Å²) in [5.41, 5.74) is 6.26. The zero-order valence-electron chi connectivity index (χ0n) is 24.6. The minimum absolute atomic E-state index is 0.314. The summed E-state index contributed by atoms with van der Waals surface area (Å²) < 4.78 is 42.6. The van der Waals surface area contributed by atoms with E-state index in [1.54, 1.807) is 18.7 Å². The van der Waals surface area contributed by atoms with Gasteiger partial charge in [0.1, 0.15) is 12.1 Å². The van der Waals surface area contributed by atoms with Gasteiger partial charge >= 0.3 is 12.4 Å². The number of aromatic nitrogens is 3. The van der Waals surface area contributed by atoms with Crippen LogP contribution in [0.15, 0.2) is 83.7 Å². The maximum absolute atomic E-state index is 12.8. The Kier molecular flexibility index (Phi) is 9.09. The van der Waals surface area contributed by atoms with E-state index in [1.807, 2.05) is 30.3 Å². The second kappa shape index (κ2) is 13.0. The molecule has 44 heavy (non-hydrogen) atoms. The van der Waals surface area contributed by atoms with Crippen molar-refractivity contribution in [2.75, 3.05) is 17.2 Å². The zero-order valence-corrected chi connectivity index (χ0v) is 25.4. The van der Waals surface area contributed by atoms with Gasteiger partial charge in [0.25, 0.3) is 0 Å². The number of hydrogen-bond donors (Lipinski definition) is 1. The number of ether oxygens (including phenoxy) is 1. The maximum Gasteiger partial charge on any atom is 0.573 e. The minimum Gasteiger partial charge on any atom is -0.406 e. The van der Waals surface area contributed by atoms with Crippen molar-refractivity contribution >= 4 is 34.7 Å². The van der Waals surface area contributed by atoms with Crippen LogP contribution in [0.4, 0.5) is 23.7 Å². The maximum atomic E-state index is 12.8. The van der Waals surface area contributed by atoms with Crippen LogP contribution in [0.25, 0.3) is 23.2 Å². The van der Waals surface area contributed by atoms with Crippen LogP contribution in [-0.4, -0.2) is 44.6 Å². The summed E-state index contributed by atoms with van der Waals surface area (Å²) in [7, 11) is 0. The number of aliphatic imine (C=N–C) groups is 1. The molecule has 4 aromatic rings. The van der Waals surface area contributed by atoms with Crippen LogP contribution in [0.5, 0.6) is 5.75 Å². The number of nitrogens with zero attached hydrogens (tertiary/aromatic N) is 5. The molecule has 12 heteroatoms. The monoisotopic (exact) mass is 620 g/mol. The first kappa shape index (κ1) is 30.9. The zero-order chi connectivity index (χ0) is 31.4. The van der Waals surface area contributed by atoms with Gasteiger partial charge in [0.2, 0.25) is 0 Å². The lowest BCUT2D eigenvalue weighted by Gasteiger charge is -2.23. The Morgan fingerprint density at radius 2 is 1.82 bits per heavy atom. The molecule has 228 valence electrons. The van der Waals surface area contributed by atoms with Crippen LogP contribution >= 0.6 is 11.8 Å². The number of amides is 2. The lowest BCUT2D eigenvalue weighted by Crippen LogP contribution is -2.28. The van der Waals surface area contributed by atoms with E-state index in [2.05, 4.69) is 69.0 Å². The average Bonchev–Trinajstić information content (AvgIpc) is 3.63. The Morgan fingerprint density at radius 1 is 1.09 bits per heavy atom. The van der Waals surface area contributed by atoms with Crippen LogP contribution in [0.2, 0.25) is 0 Å². The van der Waals surface area contributed by atoms with Gasteiger partial charge in [-0.25, -0.2) is 14.5 Å². The van der Waals surface area contributed by atoms with Crippen molar-refractivity contribution in [3.8, 4) is 22.8 Å². The summed E-state index contributed by atoms with van der Waals surface area (Å²) in [6, 6.07) is 18.8. The second-order valence-corrected chi connectivity index (χ2v) is 11.6. The quantitative estimate of drug-likeness (QED) is 0.226. The fraction of sp³-hybridized carbons (Fsp3) is 0.250. The number of halogens is 3. The summed E-state index contributed by atoms with van der Waals surface area (Å²) >= 11 is 1.57. The number of carbonyl (C=O) groups excluding carboxylic acids is 1. The Morgan fingerprint density at radius 3 is 2.50 bits per heavy atom. The van der Waals surface area contributed by atoms with Crippen molar-refractivity contribution in [3.05, 3.63) is 95.4 Å². The Hall–Kier alpha value is -4.58. The third kappa shape index (κ3) is 7.67. The van der Waals surface area contributed by atoms with E-state index in [0.717, 1.165) is 34.7 Å². The molecule has 5 rings (SSSR count). The van der Waals surface area contributed by atoms with Crippen molar-refractivity contribution in [2.24, 2.45) is 4.99 Å². The first-order chi connectivity index (χ1) is 20.9. The van der Waals surface area contributed by atoms with Gasteiger partial charge in [0, 0.05) is 29.2 Å². The summed E-state index contributed by atoms with van der Waals surface area (Å²) in [4.78, 5) is 23.7. The highest BCUT2D eigenvalue weighted by Gasteiger charge is 2.31. The highest BCUT2D eigenvalue weighted by molar-refractivity contribution is 8.14. The molecule has 2 heterocycles. The SMILES string of the molecule is C/C(=C\c1ccc(-c2ncn(-c3ccc(OC(F)(F)F)cc3)n2)cc1)NC(=O)N=C1SCCN1c1cc(C)ccc1C(C)C. The topological polar surface area (TPSA) is 84.6 Å². The third-order valence-corrected chi connectivity index (χ3v) is 7.71. The third-order valence-electron chi connectivity index (χ3n) is 6.76. The van der Waals surface area contributed by atoms with E-state index in [9.17, 15) is 18.0 Å². The smallest absolute Gasteiger partial charge is 0.406 e. The lowest BCUT2D eigenvalue weighted by atomic mass is 9.99. The second-order valence-electron chi connectivity index (χ2n) is 10.5. The standard InChI is InChI=1S/C32H31F3N6O2S/c1-20(2)27-14-5-21(3)17-28(27)40-15-16-44-31(40)38-30(42)37-22(4)18-23-6-8-24(9-7-23)29-36-19-41(39-29)25-10-12-26(13-11-25)43-32(33,34)35/h5-14,17-20H,15-16H2,1-4H3,(H,37,42)/b22-18+,38-31?. The van der Waals surface area contributed by atoms with Gasteiger partial charge in [-0.2, -0.15) is 4.99 Å². The number of nitrogens with one attached hydrogen (secondary N) is 1. The summed E-state index contributed by atoms with van der Waals surface area (Å²) in [6.45, 7) is 8.97. The summed E-state index contributed by atoms with van der Waals surface area (Å²) in [6.07, 6.45) is -1.43. The number of amidine groups is 1. The Balaban J connectivity index is 1.23. The molecule has 1 fully saturated rings. The molecule has 8 nitrogen and oxygen atoms in total. The summed E-state index contributed by atoms with van der Waals surface area (Å²) in [5.74, 6) is 1.34. The van der Waals surface area contributed by atoms with E-state index in [0.29, 0.717) is 28.3 Å². The van der Waals surface area contributed by atoms with Crippen molar-refractivity contribution in [1.29, 1.82) is 0 Å². The molecule has 1 aliphatic heterocycles. The number of hydrogen-bond acceptors (Lipinski definition) is 5. The van der Waals surface area contributed by atoms with E-state index >= 15 is 0 Å². The molecule has 2 amide bonds. The van der Waals surface area contributed by atoms with Crippen molar-refractivity contribution in [3.63, 3.8) is 0 Å². The van der Waals surface area contributed by atoms with Gasteiger partial charge in [0.05, 0.1) is 5.69 Å². The molecule has 0 bridgehead atoms. The number of benzene rings is 3. The number of allylic oxidation sites excluding steroid dienone is 1. The number of aryl methyl sites for hydroxylation is 1. The van der Waals surface area contributed by atoms with Crippen LogP contribution in [0.3, 0.4) is 0 Å². The van der Waals surface area contributed by atoms with Crippen molar-refractivity contribution in [1.82, 2.24) is 20.1 Å². The predicted octanol–water partition coefficient (Wildman–Crippen LogP) is 7.94. The molecule has 1 N–H and O–H groups in total. The molecule has 0 saturated carbocycles. The first-order valence-electron chi connectivity index (χ1n) is 13.9. The van der Waals surface area contributed by atoms with E-state index < -0.39 is 12.4 Å². The highest BCUT2D eigenvalue weighted by Crippen LogP contribution is 2.33. The molecular weight excluding hydrogens is 589 g/mol. The number of rotatable bonds is 7. The molecule has 0 spiro atoms. The van der Waals surface area contributed by atoms with Gasteiger partial charge < -0.3 is 15.0 Å². The molecule has 1 aliphatic rings. The largest absolute Gasteiger partial charge is 0.573 e. The molecule has 3 aromatic carbocycles. The number of carbonyl (C=O) groups is 1. The molecule has 1 saturated heterocycles. The van der Waals surface area contributed by atoms with Crippen LogP contribution < -0.4 is 15.0 Å².